The van der Waals surface area contributed by atoms with Crippen molar-refractivity contribution >= 4 is 27.3 Å². The van der Waals surface area contributed by atoms with E-state index in [0.717, 1.165) is 19.0 Å². The van der Waals surface area contributed by atoms with E-state index in [1.807, 2.05) is 0 Å². The van der Waals surface area contributed by atoms with Crippen LogP contribution in [-0.4, -0.2) is 24.0 Å². The number of hydrogen-bond donors (Lipinski definition) is 1. The third-order valence-corrected chi connectivity index (χ3v) is 6.68. The molecule has 0 bridgehead atoms. The first-order valence-electron chi connectivity index (χ1n) is 7.14. The van der Waals surface area contributed by atoms with E-state index >= 15 is 0 Å². The van der Waals surface area contributed by atoms with E-state index in [1.165, 1.54) is 28.6 Å². The van der Waals surface area contributed by atoms with Crippen molar-refractivity contribution in [1.29, 1.82) is 0 Å². The molecule has 0 aromatic carbocycles. The summed E-state index contributed by atoms with van der Waals surface area (Å²) in [4.78, 5) is 2.50. The fraction of sp³-hybridized carbons (Fsp3) is 0.733. The van der Waals surface area contributed by atoms with E-state index in [9.17, 15) is 0 Å². The summed E-state index contributed by atoms with van der Waals surface area (Å²) >= 11 is 5.30. The second kappa shape index (κ2) is 6.25. The van der Waals surface area contributed by atoms with Crippen LogP contribution in [0.5, 0.6) is 0 Å². The van der Waals surface area contributed by atoms with Gasteiger partial charge >= 0.3 is 0 Å². The van der Waals surface area contributed by atoms with Crippen LogP contribution in [0.25, 0.3) is 0 Å². The Hall–Kier alpha value is 0.100. The van der Waals surface area contributed by atoms with Crippen molar-refractivity contribution in [1.82, 2.24) is 4.90 Å². The van der Waals surface area contributed by atoms with Gasteiger partial charge in [0.05, 0.1) is 3.79 Å². The molecule has 3 unspecified atom stereocenters. The van der Waals surface area contributed by atoms with E-state index in [4.69, 9.17) is 5.73 Å². The van der Waals surface area contributed by atoms with E-state index in [2.05, 4.69) is 53.2 Å². The van der Waals surface area contributed by atoms with Crippen molar-refractivity contribution in [2.24, 2.45) is 17.6 Å². The first-order valence-corrected chi connectivity index (χ1v) is 8.81. The number of thiophene rings is 1. The Morgan fingerprint density at radius 2 is 2.26 bits per heavy atom. The maximum Gasteiger partial charge on any atom is 0.0701 e. The number of halogens is 1. The fourth-order valence-electron chi connectivity index (χ4n) is 3.58. The molecular formula is C15H25BrN2S. The van der Waals surface area contributed by atoms with Gasteiger partial charge in [-0.25, -0.2) is 0 Å². The summed E-state index contributed by atoms with van der Waals surface area (Å²) in [7, 11) is 2.24. The van der Waals surface area contributed by atoms with Crippen molar-refractivity contribution in [3.8, 4) is 0 Å². The number of nitrogens with two attached hydrogens (primary N) is 1. The fourth-order valence-corrected chi connectivity index (χ4v) is 4.78. The maximum atomic E-state index is 6.20. The first-order chi connectivity index (χ1) is 8.99. The Kier molecular flexibility index (Phi) is 5.09. The minimum absolute atomic E-state index is 0.173. The SMILES string of the molecule is CC1CCCC(CN)(N(C)Cc2csc(Br)c2)C1C. The van der Waals surface area contributed by atoms with E-state index in [1.54, 1.807) is 11.3 Å². The van der Waals surface area contributed by atoms with Gasteiger partial charge in [0.15, 0.2) is 0 Å². The normalized spacial score (nSPS) is 31.9. The highest BCUT2D eigenvalue weighted by atomic mass is 79.9. The van der Waals surface area contributed by atoms with Crippen LogP contribution in [0, 0.1) is 11.8 Å². The highest BCUT2D eigenvalue weighted by Crippen LogP contribution is 2.41. The van der Waals surface area contributed by atoms with Crippen molar-refractivity contribution in [2.75, 3.05) is 13.6 Å². The molecule has 19 heavy (non-hydrogen) atoms. The molecule has 1 fully saturated rings. The molecule has 0 radical (unpaired) electrons. The molecule has 2 rings (SSSR count). The van der Waals surface area contributed by atoms with Gasteiger partial charge in [0.25, 0.3) is 0 Å². The van der Waals surface area contributed by atoms with Crippen LogP contribution in [0.1, 0.15) is 38.7 Å². The summed E-state index contributed by atoms with van der Waals surface area (Å²) < 4.78 is 1.21. The molecule has 4 heteroatoms. The molecule has 1 saturated carbocycles. The molecule has 3 atom stereocenters. The summed E-state index contributed by atoms with van der Waals surface area (Å²) in [6.07, 6.45) is 3.89. The topological polar surface area (TPSA) is 29.3 Å². The van der Waals surface area contributed by atoms with Crippen LogP contribution in [-0.2, 0) is 6.54 Å². The van der Waals surface area contributed by atoms with Crippen LogP contribution in [0.3, 0.4) is 0 Å². The molecule has 0 amide bonds. The van der Waals surface area contributed by atoms with Gasteiger partial charge < -0.3 is 5.73 Å². The molecule has 2 nitrogen and oxygen atoms in total. The quantitative estimate of drug-likeness (QED) is 0.890. The highest BCUT2D eigenvalue weighted by molar-refractivity contribution is 9.11. The average Bonchev–Trinajstić information content (AvgIpc) is 2.78. The molecule has 1 aromatic rings. The third kappa shape index (κ3) is 3.07. The molecule has 1 heterocycles. The molecule has 0 aliphatic heterocycles. The zero-order valence-corrected chi connectivity index (χ0v) is 14.6. The van der Waals surface area contributed by atoms with Gasteiger partial charge in [-0.15, -0.1) is 11.3 Å². The zero-order valence-electron chi connectivity index (χ0n) is 12.2. The van der Waals surface area contributed by atoms with Gasteiger partial charge in [-0.2, -0.15) is 0 Å². The van der Waals surface area contributed by atoms with E-state index in [0.29, 0.717) is 5.92 Å². The molecule has 0 saturated heterocycles. The first kappa shape index (κ1) is 15.5. The maximum absolute atomic E-state index is 6.20. The Morgan fingerprint density at radius 3 is 2.84 bits per heavy atom. The molecule has 1 aliphatic rings. The monoisotopic (exact) mass is 344 g/mol. The Bertz CT molecular complexity index is 420. The van der Waals surface area contributed by atoms with Crippen molar-refractivity contribution < 1.29 is 0 Å². The molecule has 108 valence electrons. The zero-order chi connectivity index (χ0) is 14.0. The number of rotatable bonds is 4. The number of likely N-dealkylation sites (N-methyl/N-ethyl adjacent to an activating group) is 1. The Balaban J connectivity index is 2.15. The predicted molar refractivity (Wildman–Crippen MR) is 87.5 cm³/mol. The molecule has 2 N–H and O–H groups in total. The molecule has 1 aromatic heterocycles. The summed E-state index contributed by atoms with van der Waals surface area (Å²) in [6.45, 7) is 6.52. The summed E-state index contributed by atoms with van der Waals surface area (Å²) in [5, 5.41) is 2.24. The lowest BCUT2D eigenvalue weighted by atomic mass is 9.67. The summed E-state index contributed by atoms with van der Waals surface area (Å²) in [6, 6.07) is 2.22. The lowest BCUT2D eigenvalue weighted by molar-refractivity contribution is 0.00143. The smallest absolute Gasteiger partial charge is 0.0701 e. The van der Waals surface area contributed by atoms with Gasteiger partial charge in [0.1, 0.15) is 0 Å². The average molecular weight is 345 g/mol. The number of nitrogens with zero attached hydrogens (tertiary/aromatic N) is 1. The van der Waals surface area contributed by atoms with Crippen LogP contribution >= 0.6 is 27.3 Å². The van der Waals surface area contributed by atoms with Crippen LogP contribution in [0.15, 0.2) is 15.2 Å². The van der Waals surface area contributed by atoms with Gasteiger partial charge in [-0.05, 0) is 58.2 Å². The van der Waals surface area contributed by atoms with E-state index < -0.39 is 0 Å². The Morgan fingerprint density at radius 1 is 1.53 bits per heavy atom. The van der Waals surface area contributed by atoms with Gasteiger partial charge in [0.2, 0.25) is 0 Å². The van der Waals surface area contributed by atoms with Crippen LogP contribution in [0.2, 0.25) is 0 Å². The predicted octanol–water partition coefficient (Wildman–Crippen LogP) is 4.10. The lowest BCUT2D eigenvalue weighted by Crippen LogP contribution is -2.59. The Labute approximate surface area is 129 Å². The van der Waals surface area contributed by atoms with E-state index in [-0.39, 0.29) is 5.54 Å². The van der Waals surface area contributed by atoms with Crippen LogP contribution in [0.4, 0.5) is 0 Å². The van der Waals surface area contributed by atoms with Crippen molar-refractivity contribution in [3.05, 3.63) is 20.8 Å². The minimum Gasteiger partial charge on any atom is -0.329 e. The van der Waals surface area contributed by atoms with Crippen LogP contribution < -0.4 is 5.73 Å². The standard InChI is InChI=1S/C15H25BrN2S/c1-11-5-4-6-15(10-17,12(11)2)18(3)8-13-7-14(16)19-9-13/h7,9,11-12H,4-6,8,10,17H2,1-3H3. The molecule has 0 spiro atoms. The largest absolute Gasteiger partial charge is 0.329 e. The minimum atomic E-state index is 0.173. The van der Waals surface area contributed by atoms with Crippen molar-refractivity contribution in [2.45, 2.75) is 45.2 Å². The molecular weight excluding hydrogens is 320 g/mol. The van der Waals surface area contributed by atoms with Gasteiger partial charge in [-0.1, -0.05) is 26.7 Å². The highest BCUT2D eigenvalue weighted by Gasteiger charge is 2.43. The third-order valence-electron chi connectivity index (χ3n) is 5.13. The van der Waals surface area contributed by atoms with Gasteiger partial charge in [0, 0.05) is 18.6 Å². The number of hydrogen-bond acceptors (Lipinski definition) is 3. The summed E-state index contributed by atoms with van der Waals surface area (Å²) in [5.74, 6) is 1.44. The second-order valence-corrected chi connectivity index (χ2v) is 8.37. The summed E-state index contributed by atoms with van der Waals surface area (Å²) in [5.41, 5.74) is 7.76. The second-order valence-electron chi connectivity index (χ2n) is 6.08. The molecule has 1 aliphatic carbocycles. The van der Waals surface area contributed by atoms with Crippen molar-refractivity contribution in [3.63, 3.8) is 0 Å². The van der Waals surface area contributed by atoms with Gasteiger partial charge in [-0.3, -0.25) is 4.90 Å². The lowest BCUT2D eigenvalue weighted by Gasteiger charge is -2.51.